The van der Waals surface area contributed by atoms with Gasteiger partial charge in [-0.15, -0.1) is 0 Å². The van der Waals surface area contributed by atoms with E-state index in [-0.39, 0.29) is 0 Å². The highest BCUT2D eigenvalue weighted by Crippen LogP contribution is 2.24. The van der Waals surface area contributed by atoms with Gasteiger partial charge < -0.3 is 10.0 Å². The molecule has 1 heterocycles. The highest BCUT2D eigenvalue weighted by Gasteiger charge is 2.18. The molecule has 0 aromatic heterocycles. The van der Waals surface area contributed by atoms with E-state index in [2.05, 4.69) is 53.1 Å². The van der Waals surface area contributed by atoms with Gasteiger partial charge in [0, 0.05) is 44.1 Å². The predicted octanol–water partition coefficient (Wildman–Crippen LogP) is 5.75. The Kier molecular flexibility index (Phi) is 7.63. The van der Waals surface area contributed by atoms with E-state index >= 15 is 0 Å². The van der Waals surface area contributed by atoms with E-state index in [9.17, 15) is 9.90 Å². The van der Waals surface area contributed by atoms with Crippen LogP contribution in [-0.2, 0) is 0 Å². The zero-order valence-electron chi connectivity index (χ0n) is 19.4. The minimum Gasteiger partial charge on any atom is -0.465 e. The lowest BCUT2D eigenvalue weighted by atomic mass is 10.1. The Bertz CT molecular complexity index is 1030. The number of piperazine rings is 1. The molecular formula is C28H33N3O2. The van der Waals surface area contributed by atoms with E-state index in [1.54, 1.807) is 0 Å². The number of nitrogens with zero attached hydrogens (tertiary/aromatic N) is 3. The third-order valence-corrected chi connectivity index (χ3v) is 6.45. The Balaban J connectivity index is 1.23. The lowest BCUT2D eigenvalue weighted by Gasteiger charge is -2.36. The molecule has 0 aliphatic carbocycles. The Morgan fingerprint density at radius 3 is 2.12 bits per heavy atom. The van der Waals surface area contributed by atoms with Gasteiger partial charge >= 0.3 is 6.09 Å². The van der Waals surface area contributed by atoms with Gasteiger partial charge in [-0.25, -0.2) is 4.79 Å². The number of benzene rings is 3. The summed E-state index contributed by atoms with van der Waals surface area (Å²) in [6.07, 6.45) is 0.954. The van der Waals surface area contributed by atoms with Gasteiger partial charge in [0.2, 0.25) is 0 Å². The second-order valence-electron chi connectivity index (χ2n) is 8.67. The highest BCUT2D eigenvalue weighted by atomic mass is 16.4. The number of unbranched alkanes of at least 4 members (excludes halogenated alkanes) is 1. The maximum absolute atomic E-state index is 11.9. The molecule has 0 radical (unpaired) electrons. The molecule has 0 unspecified atom stereocenters. The number of hydrogen-bond acceptors (Lipinski definition) is 3. The van der Waals surface area contributed by atoms with E-state index in [1.807, 2.05) is 42.5 Å². The van der Waals surface area contributed by atoms with Crippen molar-refractivity contribution in [3.8, 4) is 11.1 Å². The summed E-state index contributed by atoms with van der Waals surface area (Å²) in [4.78, 5) is 18.3. The molecule has 3 aromatic rings. The number of aryl methyl sites for hydroxylation is 1. The van der Waals surface area contributed by atoms with Crippen molar-refractivity contribution in [1.82, 2.24) is 4.90 Å². The molecule has 5 nitrogen and oxygen atoms in total. The zero-order chi connectivity index (χ0) is 23.0. The summed E-state index contributed by atoms with van der Waals surface area (Å²) in [5, 5.41) is 9.73. The molecule has 0 bridgehead atoms. The second kappa shape index (κ2) is 11.0. The molecule has 0 atom stereocenters. The number of carbonyl (C=O) groups is 1. The lowest BCUT2D eigenvalue weighted by molar-refractivity contribution is 0.201. The Morgan fingerprint density at radius 2 is 1.45 bits per heavy atom. The van der Waals surface area contributed by atoms with Gasteiger partial charge in [0.1, 0.15) is 0 Å². The molecule has 5 heteroatoms. The van der Waals surface area contributed by atoms with E-state index in [4.69, 9.17) is 0 Å². The van der Waals surface area contributed by atoms with Crippen molar-refractivity contribution in [1.29, 1.82) is 0 Å². The summed E-state index contributed by atoms with van der Waals surface area (Å²) >= 11 is 0. The van der Waals surface area contributed by atoms with Crippen molar-refractivity contribution in [2.45, 2.75) is 19.8 Å². The number of amides is 1. The van der Waals surface area contributed by atoms with E-state index in [1.165, 1.54) is 16.2 Å². The molecule has 1 aliphatic rings. The van der Waals surface area contributed by atoms with Crippen LogP contribution in [0.3, 0.4) is 0 Å². The van der Waals surface area contributed by atoms with Crippen LogP contribution in [-0.4, -0.2) is 55.4 Å². The molecule has 0 saturated carbocycles. The number of hydrogen-bond donors (Lipinski definition) is 1. The molecule has 33 heavy (non-hydrogen) atoms. The molecule has 4 rings (SSSR count). The van der Waals surface area contributed by atoms with Crippen LogP contribution in [0.2, 0.25) is 0 Å². The van der Waals surface area contributed by atoms with Crippen molar-refractivity contribution in [3.63, 3.8) is 0 Å². The van der Waals surface area contributed by atoms with Crippen LogP contribution >= 0.6 is 0 Å². The normalized spacial score (nSPS) is 14.3. The van der Waals surface area contributed by atoms with Crippen molar-refractivity contribution in [2.75, 3.05) is 49.1 Å². The first-order chi connectivity index (χ1) is 16.1. The lowest BCUT2D eigenvalue weighted by Crippen LogP contribution is -2.47. The van der Waals surface area contributed by atoms with Gasteiger partial charge in [0.05, 0.1) is 0 Å². The molecule has 1 aliphatic heterocycles. The quantitative estimate of drug-likeness (QED) is 0.451. The summed E-state index contributed by atoms with van der Waals surface area (Å²) in [5.74, 6) is 0. The predicted molar refractivity (Wildman–Crippen MR) is 136 cm³/mol. The van der Waals surface area contributed by atoms with E-state index < -0.39 is 6.09 Å². The fraction of sp³-hybridized carbons (Fsp3) is 0.321. The standard InChI is InChI=1S/C28H33N3O2/c1-23-9-5-6-12-27(23)30-21-19-29(20-22-30)17-7-8-18-31(28(32)33)26-15-13-25(14-16-26)24-10-3-2-4-11-24/h2-6,9-16H,7-8,17-22H2,1H3,(H,32,33). The molecule has 0 spiro atoms. The minimum atomic E-state index is -0.894. The third-order valence-electron chi connectivity index (χ3n) is 6.45. The first-order valence-electron chi connectivity index (χ1n) is 11.8. The summed E-state index contributed by atoms with van der Waals surface area (Å²) in [6.45, 7) is 7.89. The summed E-state index contributed by atoms with van der Waals surface area (Å²) in [6, 6.07) is 26.5. The van der Waals surface area contributed by atoms with E-state index in [0.717, 1.165) is 62.4 Å². The van der Waals surface area contributed by atoms with Gasteiger partial charge in [0.25, 0.3) is 0 Å². The van der Waals surface area contributed by atoms with Gasteiger partial charge in [-0.05, 0) is 61.2 Å². The molecule has 1 N–H and O–H groups in total. The Hall–Kier alpha value is -3.31. The minimum absolute atomic E-state index is 0.517. The van der Waals surface area contributed by atoms with Crippen LogP contribution < -0.4 is 9.80 Å². The molecule has 1 fully saturated rings. The first kappa shape index (κ1) is 22.9. The van der Waals surface area contributed by atoms with Crippen LogP contribution in [0.15, 0.2) is 78.9 Å². The number of para-hydroxylation sites is 1. The largest absolute Gasteiger partial charge is 0.465 e. The molecular weight excluding hydrogens is 410 g/mol. The summed E-state index contributed by atoms with van der Waals surface area (Å²) in [7, 11) is 0. The third kappa shape index (κ3) is 5.93. The molecule has 1 amide bonds. The Labute approximate surface area is 196 Å². The fourth-order valence-corrected chi connectivity index (χ4v) is 4.54. The maximum atomic E-state index is 11.9. The summed E-state index contributed by atoms with van der Waals surface area (Å²) in [5.41, 5.74) is 5.63. The maximum Gasteiger partial charge on any atom is 0.411 e. The van der Waals surface area contributed by atoms with Crippen LogP contribution in [0.5, 0.6) is 0 Å². The number of anilines is 2. The highest BCUT2D eigenvalue weighted by molar-refractivity contribution is 5.86. The average molecular weight is 444 g/mol. The molecule has 172 valence electrons. The monoisotopic (exact) mass is 443 g/mol. The van der Waals surface area contributed by atoms with Gasteiger partial charge in [-0.1, -0.05) is 60.7 Å². The van der Waals surface area contributed by atoms with Crippen molar-refractivity contribution < 1.29 is 9.90 Å². The van der Waals surface area contributed by atoms with Crippen LogP contribution in [0.1, 0.15) is 18.4 Å². The smallest absolute Gasteiger partial charge is 0.411 e. The van der Waals surface area contributed by atoms with E-state index in [0.29, 0.717) is 6.54 Å². The van der Waals surface area contributed by atoms with Crippen molar-refractivity contribution >= 4 is 17.5 Å². The Morgan fingerprint density at radius 1 is 0.818 bits per heavy atom. The molecule has 1 saturated heterocycles. The SMILES string of the molecule is Cc1ccccc1N1CCN(CCCCN(C(=O)O)c2ccc(-c3ccccc3)cc2)CC1. The van der Waals surface area contributed by atoms with Crippen molar-refractivity contribution in [3.05, 3.63) is 84.4 Å². The van der Waals surface area contributed by atoms with Crippen LogP contribution in [0, 0.1) is 6.92 Å². The van der Waals surface area contributed by atoms with Gasteiger partial charge in [0.15, 0.2) is 0 Å². The average Bonchev–Trinajstić information content (AvgIpc) is 2.85. The first-order valence-corrected chi connectivity index (χ1v) is 11.8. The summed E-state index contributed by atoms with van der Waals surface area (Å²) < 4.78 is 0. The molecule has 3 aromatic carbocycles. The number of carboxylic acid groups (broad SMARTS) is 1. The van der Waals surface area contributed by atoms with Crippen LogP contribution in [0.25, 0.3) is 11.1 Å². The van der Waals surface area contributed by atoms with Gasteiger partial charge in [-0.2, -0.15) is 0 Å². The number of rotatable bonds is 8. The second-order valence-corrected chi connectivity index (χ2v) is 8.67. The topological polar surface area (TPSA) is 47.0 Å². The zero-order valence-corrected chi connectivity index (χ0v) is 19.4. The van der Waals surface area contributed by atoms with Crippen LogP contribution in [0.4, 0.5) is 16.2 Å². The fourth-order valence-electron chi connectivity index (χ4n) is 4.54. The van der Waals surface area contributed by atoms with Crippen molar-refractivity contribution in [2.24, 2.45) is 0 Å². The van der Waals surface area contributed by atoms with Gasteiger partial charge in [-0.3, -0.25) is 9.80 Å².